The lowest BCUT2D eigenvalue weighted by Crippen LogP contribution is -2.58. The van der Waals surface area contributed by atoms with Crippen molar-refractivity contribution in [3.05, 3.63) is 52.0 Å². The van der Waals surface area contributed by atoms with Crippen molar-refractivity contribution in [1.29, 1.82) is 0 Å². The van der Waals surface area contributed by atoms with E-state index in [1.165, 1.54) is 11.3 Å². The summed E-state index contributed by atoms with van der Waals surface area (Å²) in [6.45, 7) is 16.1. The number of carbonyl (C=O) groups is 4. The highest BCUT2D eigenvalue weighted by molar-refractivity contribution is 7.09. The fourth-order valence-corrected chi connectivity index (χ4v) is 8.10. The molecule has 1 aliphatic rings. The van der Waals surface area contributed by atoms with Crippen LogP contribution in [0.5, 0.6) is 0 Å². The van der Waals surface area contributed by atoms with Gasteiger partial charge in [0.2, 0.25) is 17.7 Å². The SMILES string of the molecule is CCCO[C@H](C[C@H](C(C)C)N(CCC)C(=O)[C@@H](NC(=O)[C@H]1CCCCN1C)[C@@H](C)CC)c1nc(C(=O)N[C@@H](Cc2ccccc2)C[C@H](C)C(=O)NN)cs1. The molecule has 1 aliphatic heterocycles. The van der Waals surface area contributed by atoms with E-state index in [-0.39, 0.29) is 59.3 Å². The molecule has 302 valence electrons. The van der Waals surface area contributed by atoms with Crippen molar-refractivity contribution in [1.82, 2.24) is 30.8 Å². The molecule has 1 fully saturated rings. The number of likely N-dealkylation sites (tertiary alicyclic amines) is 1. The van der Waals surface area contributed by atoms with Crippen LogP contribution in [0, 0.1) is 17.8 Å². The fourth-order valence-electron chi connectivity index (χ4n) is 7.24. The maximum atomic E-state index is 14.6. The third-order valence-corrected chi connectivity index (χ3v) is 11.6. The third kappa shape index (κ3) is 13.1. The number of rotatable bonds is 22. The number of thiazole rings is 1. The van der Waals surface area contributed by atoms with Crippen LogP contribution in [0.4, 0.5) is 0 Å². The summed E-state index contributed by atoms with van der Waals surface area (Å²) < 4.78 is 6.44. The number of ether oxygens (including phenoxy) is 1. The first-order valence-electron chi connectivity index (χ1n) is 20.1. The Morgan fingerprint density at radius 3 is 2.35 bits per heavy atom. The number of hydrogen-bond acceptors (Lipinski definition) is 9. The quantitative estimate of drug-likeness (QED) is 0.0681. The molecule has 1 saturated heterocycles. The Morgan fingerprint density at radius 1 is 1.02 bits per heavy atom. The van der Waals surface area contributed by atoms with Crippen LogP contribution >= 0.6 is 11.3 Å². The van der Waals surface area contributed by atoms with Gasteiger partial charge in [-0.1, -0.05) is 91.6 Å². The zero-order valence-corrected chi connectivity index (χ0v) is 34.8. The highest BCUT2D eigenvalue weighted by atomic mass is 32.1. The first-order chi connectivity index (χ1) is 25.8. The number of benzene rings is 1. The molecule has 0 bridgehead atoms. The maximum absolute atomic E-state index is 14.6. The number of hydrogen-bond donors (Lipinski definition) is 4. The summed E-state index contributed by atoms with van der Waals surface area (Å²) in [5.41, 5.74) is 3.53. The number of piperidine rings is 1. The lowest BCUT2D eigenvalue weighted by molar-refractivity contribution is -0.143. The van der Waals surface area contributed by atoms with Gasteiger partial charge in [-0.25, -0.2) is 10.8 Å². The van der Waals surface area contributed by atoms with Crippen LogP contribution in [0.15, 0.2) is 35.7 Å². The lowest BCUT2D eigenvalue weighted by atomic mass is 9.92. The minimum Gasteiger partial charge on any atom is -0.371 e. The summed E-state index contributed by atoms with van der Waals surface area (Å²) >= 11 is 1.37. The number of amides is 4. The van der Waals surface area contributed by atoms with Crippen molar-refractivity contribution >= 4 is 35.0 Å². The van der Waals surface area contributed by atoms with E-state index in [4.69, 9.17) is 15.6 Å². The Hall–Kier alpha value is -3.39. The molecule has 54 heavy (non-hydrogen) atoms. The van der Waals surface area contributed by atoms with Crippen molar-refractivity contribution in [2.75, 3.05) is 26.7 Å². The van der Waals surface area contributed by atoms with Crippen LogP contribution in [-0.2, 0) is 25.5 Å². The van der Waals surface area contributed by atoms with Crippen LogP contribution in [0.1, 0.15) is 127 Å². The van der Waals surface area contributed by atoms with Gasteiger partial charge in [0.1, 0.15) is 22.8 Å². The molecule has 4 amide bonds. The van der Waals surface area contributed by atoms with Crippen LogP contribution < -0.4 is 21.9 Å². The Morgan fingerprint density at radius 2 is 1.74 bits per heavy atom. The minimum absolute atomic E-state index is 0.0481. The normalized spacial score (nSPS) is 18.2. The second-order valence-corrected chi connectivity index (χ2v) is 16.3. The van der Waals surface area contributed by atoms with Crippen LogP contribution in [0.25, 0.3) is 0 Å². The number of nitrogens with one attached hydrogen (secondary N) is 3. The molecule has 5 N–H and O–H groups in total. The van der Waals surface area contributed by atoms with Crippen molar-refractivity contribution in [3.63, 3.8) is 0 Å². The first-order valence-corrected chi connectivity index (χ1v) is 21.0. The predicted molar refractivity (Wildman–Crippen MR) is 216 cm³/mol. The predicted octanol–water partition coefficient (Wildman–Crippen LogP) is 5.64. The van der Waals surface area contributed by atoms with E-state index in [2.05, 4.69) is 48.7 Å². The zero-order valence-electron chi connectivity index (χ0n) is 33.9. The lowest BCUT2D eigenvalue weighted by Gasteiger charge is -2.40. The summed E-state index contributed by atoms with van der Waals surface area (Å²) in [5, 5.41) is 8.74. The van der Waals surface area contributed by atoms with Gasteiger partial charge in [0.25, 0.3) is 5.91 Å². The molecule has 0 unspecified atom stereocenters. The van der Waals surface area contributed by atoms with Gasteiger partial charge in [0.15, 0.2) is 0 Å². The molecule has 1 aromatic heterocycles. The molecule has 12 nitrogen and oxygen atoms in total. The van der Waals surface area contributed by atoms with Crippen molar-refractivity contribution in [3.8, 4) is 0 Å². The average Bonchev–Trinajstić information content (AvgIpc) is 3.66. The van der Waals surface area contributed by atoms with Crippen molar-refractivity contribution in [2.45, 2.75) is 137 Å². The molecule has 2 aromatic rings. The van der Waals surface area contributed by atoms with Crippen LogP contribution in [-0.4, -0.2) is 89.3 Å². The van der Waals surface area contributed by atoms with Gasteiger partial charge in [0.05, 0.1) is 6.04 Å². The molecular weight excluding hydrogens is 703 g/mol. The van der Waals surface area contributed by atoms with Crippen LogP contribution in [0.2, 0.25) is 0 Å². The molecule has 0 saturated carbocycles. The maximum Gasteiger partial charge on any atom is 0.270 e. The van der Waals surface area contributed by atoms with Gasteiger partial charge >= 0.3 is 0 Å². The average molecular weight is 770 g/mol. The fraction of sp³-hybridized carbons (Fsp3) is 0.683. The third-order valence-electron chi connectivity index (χ3n) is 10.7. The Kier molecular flexibility index (Phi) is 19.1. The Bertz CT molecular complexity index is 1460. The topological polar surface area (TPSA) is 159 Å². The second kappa shape index (κ2) is 22.9. The van der Waals surface area contributed by atoms with Gasteiger partial charge in [0, 0.05) is 43.0 Å². The molecule has 1 aromatic carbocycles. The van der Waals surface area contributed by atoms with Gasteiger partial charge < -0.3 is 20.3 Å². The zero-order chi connectivity index (χ0) is 39.8. The highest BCUT2D eigenvalue weighted by Gasteiger charge is 2.38. The molecule has 0 aliphatic carbocycles. The second-order valence-electron chi connectivity index (χ2n) is 15.4. The smallest absolute Gasteiger partial charge is 0.270 e. The number of hydrazine groups is 1. The van der Waals surface area contributed by atoms with Crippen molar-refractivity contribution in [2.24, 2.45) is 23.6 Å². The highest BCUT2D eigenvalue weighted by Crippen LogP contribution is 2.32. The van der Waals surface area contributed by atoms with E-state index in [9.17, 15) is 19.2 Å². The largest absolute Gasteiger partial charge is 0.371 e. The molecule has 0 radical (unpaired) electrons. The van der Waals surface area contributed by atoms with Crippen LogP contribution in [0.3, 0.4) is 0 Å². The number of nitrogens with two attached hydrogens (primary N) is 1. The number of aromatic nitrogens is 1. The number of nitrogens with zero attached hydrogens (tertiary/aromatic N) is 3. The van der Waals surface area contributed by atoms with Crippen molar-refractivity contribution < 1.29 is 23.9 Å². The molecule has 0 spiro atoms. The van der Waals surface area contributed by atoms with Gasteiger partial charge in [-0.2, -0.15) is 0 Å². The standard InChI is InChI=1S/C41H67N7O5S/c1-9-20-48(41(52)36(28(6)11-3)45-39(51)33-19-15-16-21-47(33)8)34(27(4)5)25-35(53-22-10-2)40-44-32(26-54-40)38(50)43-31(23-29(7)37(49)46-42)24-30-17-13-12-14-18-30/h12-14,17-18,26-29,31,33-36H,9-11,15-16,19-25,42H2,1-8H3,(H,43,50)(H,45,51)(H,46,49)/t28-,29-,31+,33+,34+,35+,36-/m0/s1. The minimum atomic E-state index is -0.640. The van der Waals surface area contributed by atoms with E-state index in [1.807, 2.05) is 56.1 Å². The van der Waals surface area contributed by atoms with Gasteiger partial charge in [-0.15, -0.1) is 11.3 Å². The monoisotopic (exact) mass is 769 g/mol. The van der Waals surface area contributed by atoms with E-state index >= 15 is 0 Å². The first kappa shape index (κ1) is 45.0. The van der Waals surface area contributed by atoms with E-state index in [1.54, 1.807) is 12.3 Å². The Labute approximate surface area is 327 Å². The Balaban J connectivity index is 1.86. The van der Waals surface area contributed by atoms with E-state index < -0.39 is 18.1 Å². The molecule has 3 rings (SSSR count). The summed E-state index contributed by atoms with van der Waals surface area (Å²) in [7, 11) is 1.98. The molecule has 7 atom stereocenters. The molecular formula is C41H67N7O5S. The van der Waals surface area contributed by atoms with Gasteiger partial charge in [-0.3, -0.25) is 29.5 Å². The molecule has 2 heterocycles. The summed E-state index contributed by atoms with van der Waals surface area (Å²) in [5.74, 6) is 4.27. The van der Waals surface area contributed by atoms with Gasteiger partial charge in [-0.05, 0) is 69.5 Å². The summed E-state index contributed by atoms with van der Waals surface area (Å²) in [6.07, 6.45) is 6.17. The summed E-state index contributed by atoms with van der Waals surface area (Å²) in [6, 6.07) is 8.42. The van der Waals surface area contributed by atoms with E-state index in [0.717, 1.165) is 50.6 Å². The summed E-state index contributed by atoms with van der Waals surface area (Å²) in [4.78, 5) is 63.1. The molecule has 13 heteroatoms. The van der Waals surface area contributed by atoms with E-state index in [0.29, 0.717) is 37.4 Å². The number of carbonyl (C=O) groups excluding carboxylic acids is 4. The number of likely N-dealkylation sites (N-methyl/N-ethyl adjacent to an activating group) is 1.